The van der Waals surface area contributed by atoms with Gasteiger partial charge in [-0.25, -0.2) is 4.98 Å². The minimum Gasteiger partial charge on any atom is -0.352 e. The van der Waals surface area contributed by atoms with Gasteiger partial charge in [-0.3, -0.25) is 14.5 Å². The summed E-state index contributed by atoms with van der Waals surface area (Å²) in [4.78, 5) is 22.4. The highest BCUT2D eigenvalue weighted by Gasteiger charge is 2.21. The van der Waals surface area contributed by atoms with Gasteiger partial charge >= 0.3 is 0 Å². The van der Waals surface area contributed by atoms with Crippen molar-refractivity contribution in [3.05, 3.63) is 58.8 Å². The second kappa shape index (κ2) is 6.37. The standard InChI is InChI=1S/C20H21N5O/c1-13-6-15(12-26)8-22-20(13)25-5-4-19-17(10-25)7-16(9-21-19)18-11-24(3)23-14(18)2/h6-9,11-12H,4-5,10H2,1-3H3. The van der Waals surface area contributed by atoms with Crippen molar-refractivity contribution in [3.63, 3.8) is 0 Å². The van der Waals surface area contributed by atoms with E-state index in [4.69, 9.17) is 4.98 Å². The van der Waals surface area contributed by atoms with E-state index >= 15 is 0 Å². The summed E-state index contributed by atoms with van der Waals surface area (Å²) in [5.41, 5.74) is 7.21. The summed E-state index contributed by atoms with van der Waals surface area (Å²) < 4.78 is 1.83. The molecule has 0 N–H and O–H groups in total. The minimum absolute atomic E-state index is 0.611. The van der Waals surface area contributed by atoms with Crippen molar-refractivity contribution >= 4 is 12.1 Å². The van der Waals surface area contributed by atoms with E-state index in [0.717, 1.165) is 59.7 Å². The van der Waals surface area contributed by atoms with Crippen LogP contribution in [0, 0.1) is 13.8 Å². The van der Waals surface area contributed by atoms with Crippen LogP contribution in [0.4, 0.5) is 5.82 Å². The number of carbonyl (C=O) groups excluding carboxylic acids is 1. The first-order chi connectivity index (χ1) is 12.5. The summed E-state index contributed by atoms with van der Waals surface area (Å²) in [6.07, 6.45) is 7.34. The number of hydrogen-bond donors (Lipinski definition) is 0. The molecule has 6 nitrogen and oxygen atoms in total. The van der Waals surface area contributed by atoms with Crippen LogP contribution in [-0.4, -0.2) is 32.6 Å². The molecule has 132 valence electrons. The number of hydrogen-bond acceptors (Lipinski definition) is 5. The van der Waals surface area contributed by atoms with Gasteiger partial charge in [0, 0.05) is 67.5 Å². The SMILES string of the molecule is Cc1cc(C=O)cnc1N1CCc2ncc(-c3cn(C)nc3C)cc2C1. The molecule has 3 aromatic rings. The molecule has 0 atom stereocenters. The summed E-state index contributed by atoms with van der Waals surface area (Å²) in [7, 11) is 1.93. The van der Waals surface area contributed by atoms with Crippen LogP contribution in [0.5, 0.6) is 0 Å². The molecule has 0 saturated carbocycles. The summed E-state index contributed by atoms with van der Waals surface area (Å²) in [6.45, 7) is 5.66. The van der Waals surface area contributed by atoms with Crippen molar-refractivity contribution in [3.8, 4) is 11.1 Å². The maximum atomic E-state index is 10.9. The van der Waals surface area contributed by atoms with Crippen LogP contribution in [0.1, 0.15) is 32.9 Å². The Morgan fingerprint density at radius 1 is 1.15 bits per heavy atom. The molecule has 0 bridgehead atoms. The molecule has 6 heteroatoms. The maximum Gasteiger partial charge on any atom is 0.151 e. The van der Waals surface area contributed by atoms with Crippen LogP contribution in [-0.2, 0) is 20.0 Å². The summed E-state index contributed by atoms with van der Waals surface area (Å²) >= 11 is 0. The van der Waals surface area contributed by atoms with E-state index in [1.54, 1.807) is 6.20 Å². The third-order valence-electron chi connectivity index (χ3n) is 4.87. The van der Waals surface area contributed by atoms with Crippen LogP contribution in [0.15, 0.2) is 30.7 Å². The van der Waals surface area contributed by atoms with Crippen LogP contribution in [0.3, 0.4) is 0 Å². The molecule has 4 heterocycles. The molecule has 0 amide bonds. The monoisotopic (exact) mass is 347 g/mol. The van der Waals surface area contributed by atoms with Crippen LogP contribution >= 0.6 is 0 Å². The Kier molecular flexibility index (Phi) is 4.03. The number of rotatable bonds is 3. The molecule has 4 rings (SSSR count). The largest absolute Gasteiger partial charge is 0.352 e. The average Bonchev–Trinajstić information content (AvgIpc) is 2.99. The van der Waals surface area contributed by atoms with Gasteiger partial charge in [-0.2, -0.15) is 5.10 Å². The van der Waals surface area contributed by atoms with Gasteiger partial charge in [0.05, 0.1) is 5.69 Å². The normalized spacial score (nSPS) is 13.6. The number of aromatic nitrogens is 4. The fourth-order valence-electron chi connectivity index (χ4n) is 3.62. The van der Waals surface area contributed by atoms with E-state index in [0.29, 0.717) is 5.56 Å². The summed E-state index contributed by atoms with van der Waals surface area (Å²) in [5.74, 6) is 0.934. The molecular formula is C20H21N5O. The van der Waals surface area contributed by atoms with Gasteiger partial charge in [0.25, 0.3) is 0 Å². The Morgan fingerprint density at radius 3 is 2.69 bits per heavy atom. The predicted molar refractivity (Wildman–Crippen MR) is 100 cm³/mol. The maximum absolute atomic E-state index is 10.9. The Labute approximate surface area is 152 Å². The topological polar surface area (TPSA) is 63.9 Å². The van der Waals surface area contributed by atoms with Gasteiger partial charge in [0.15, 0.2) is 6.29 Å². The van der Waals surface area contributed by atoms with E-state index in [2.05, 4.69) is 21.0 Å². The zero-order chi connectivity index (χ0) is 18.3. The lowest BCUT2D eigenvalue weighted by atomic mass is 10.0. The number of nitrogens with zero attached hydrogens (tertiary/aromatic N) is 5. The van der Waals surface area contributed by atoms with Gasteiger partial charge in [-0.1, -0.05) is 0 Å². The van der Waals surface area contributed by atoms with Gasteiger partial charge < -0.3 is 4.90 Å². The van der Waals surface area contributed by atoms with Crippen molar-refractivity contribution in [2.24, 2.45) is 7.05 Å². The van der Waals surface area contributed by atoms with E-state index in [9.17, 15) is 4.79 Å². The molecule has 0 aliphatic carbocycles. The Bertz CT molecular complexity index is 992. The smallest absolute Gasteiger partial charge is 0.151 e. The van der Waals surface area contributed by atoms with Crippen molar-refractivity contribution in [2.45, 2.75) is 26.8 Å². The molecular weight excluding hydrogens is 326 g/mol. The molecule has 0 radical (unpaired) electrons. The summed E-state index contributed by atoms with van der Waals surface area (Å²) in [6, 6.07) is 4.10. The molecule has 0 fully saturated rings. The van der Waals surface area contributed by atoms with E-state index in [1.165, 1.54) is 5.56 Å². The molecule has 0 aromatic carbocycles. The molecule has 0 saturated heterocycles. The average molecular weight is 347 g/mol. The lowest BCUT2D eigenvalue weighted by Crippen LogP contribution is -2.32. The van der Waals surface area contributed by atoms with Crippen LogP contribution in [0.2, 0.25) is 0 Å². The molecule has 0 unspecified atom stereocenters. The fourth-order valence-corrected chi connectivity index (χ4v) is 3.62. The van der Waals surface area contributed by atoms with Crippen molar-refractivity contribution in [1.29, 1.82) is 0 Å². The molecule has 1 aliphatic heterocycles. The van der Waals surface area contributed by atoms with Gasteiger partial charge in [-0.15, -0.1) is 0 Å². The number of aldehydes is 1. The van der Waals surface area contributed by atoms with Gasteiger partial charge in [0.2, 0.25) is 0 Å². The first kappa shape index (κ1) is 16.4. The lowest BCUT2D eigenvalue weighted by Gasteiger charge is -2.30. The van der Waals surface area contributed by atoms with Crippen molar-refractivity contribution in [2.75, 3.05) is 11.4 Å². The van der Waals surface area contributed by atoms with Gasteiger partial charge in [-0.05, 0) is 37.1 Å². The molecule has 3 aromatic heterocycles. The first-order valence-electron chi connectivity index (χ1n) is 8.70. The highest BCUT2D eigenvalue weighted by molar-refractivity contribution is 5.75. The lowest BCUT2D eigenvalue weighted by molar-refractivity contribution is 0.112. The summed E-state index contributed by atoms with van der Waals surface area (Å²) in [5, 5.41) is 4.43. The second-order valence-corrected chi connectivity index (χ2v) is 6.83. The number of anilines is 1. The van der Waals surface area contributed by atoms with Crippen molar-refractivity contribution in [1.82, 2.24) is 19.7 Å². The molecule has 0 spiro atoms. The van der Waals surface area contributed by atoms with Crippen LogP contribution < -0.4 is 4.90 Å². The van der Waals surface area contributed by atoms with E-state index < -0.39 is 0 Å². The zero-order valence-electron chi connectivity index (χ0n) is 15.2. The Morgan fingerprint density at radius 2 is 2.00 bits per heavy atom. The fraction of sp³-hybridized carbons (Fsp3) is 0.300. The van der Waals surface area contributed by atoms with E-state index in [-0.39, 0.29) is 0 Å². The number of carbonyl (C=O) groups is 1. The number of aryl methyl sites for hydroxylation is 3. The Hall–Kier alpha value is -3.02. The van der Waals surface area contributed by atoms with E-state index in [1.807, 2.05) is 44.0 Å². The molecule has 1 aliphatic rings. The van der Waals surface area contributed by atoms with Crippen molar-refractivity contribution < 1.29 is 4.79 Å². The predicted octanol–water partition coefficient (Wildman–Crippen LogP) is 2.87. The van der Waals surface area contributed by atoms with Gasteiger partial charge in [0.1, 0.15) is 5.82 Å². The minimum atomic E-state index is 0.611. The highest BCUT2D eigenvalue weighted by Crippen LogP contribution is 2.29. The quantitative estimate of drug-likeness (QED) is 0.682. The zero-order valence-corrected chi connectivity index (χ0v) is 15.2. The first-order valence-corrected chi connectivity index (χ1v) is 8.70. The van der Waals surface area contributed by atoms with Crippen LogP contribution in [0.25, 0.3) is 11.1 Å². The third-order valence-corrected chi connectivity index (χ3v) is 4.87. The third kappa shape index (κ3) is 2.87. The second-order valence-electron chi connectivity index (χ2n) is 6.83. The highest BCUT2D eigenvalue weighted by atomic mass is 16.1. The Balaban J connectivity index is 1.67. The molecule has 26 heavy (non-hydrogen) atoms. The number of fused-ring (bicyclic) bond motifs is 1. The number of pyridine rings is 2.